The van der Waals surface area contributed by atoms with Crippen molar-refractivity contribution in [1.29, 1.82) is 0 Å². The van der Waals surface area contributed by atoms with Crippen molar-refractivity contribution < 1.29 is 13.2 Å². The van der Waals surface area contributed by atoms with E-state index in [-0.39, 0.29) is 18.8 Å². The number of aromatic amines is 2. The molecule has 2 aromatic carbocycles. The molecule has 4 aromatic heterocycles. The van der Waals surface area contributed by atoms with E-state index in [0.717, 1.165) is 49.8 Å². The molecule has 200 valence electrons. The van der Waals surface area contributed by atoms with Crippen LogP contribution < -0.4 is 0 Å². The zero-order valence-corrected chi connectivity index (χ0v) is 21.5. The van der Waals surface area contributed by atoms with Crippen LogP contribution in [0.15, 0.2) is 67.1 Å². The third kappa shape index (κ3) is 4.50. The molecule has 0 atom stereocenters. The summed E-state index contributed by atoms with van der Waals surface area (Å²) in [5.74, 6) is -2.36. The number of halogens is 3. The summed E-state index contributed by atoms with van der Waals surface area (Å²) in [6.45, 7) is 2.39. The number of fused-ring (bicyclic) bond motifs is 2. The number of rotatable bonds is 5. The van der Waals surface area contributed by atoms with Crippen molar-refractivity contribution in [2.75, 3.05) is 13.1 Å². The number of alkyl halides is 2. The Kier molecular flexibility index (Phi) is 5.67. The Balaban J connectivity index is 1.25. The van der Waals surface area contributed by atoms with E-state index < -0.39 is 5.92 Å². The fraction of sp³-hybridized carbons (Fsp3) is 0.200. The maximum atomic E-state index is 14.2. The van der Waals surface area contributed by atoms with Gasteiger partial charge in [-0.1, -0.05) is 18.2 Å². The highest BCUT2D eigenvalue weighted by atomic mass is 19.3. The molecule has 1 aliphatic rings. The Hall–Kier alpha value is -4.57. The molecular weight excluding hydrogens is 515 g/mol. The van der Waals surface area contributed by atoms with Crippen molar-refractivity contribution in [2.45, 2.75) is 25.8 Å². The molecule has 1 fully saturated rings. The Morgan fingerprint density at radius 2 is 1.90 bits per heavy atom. The molecule has 5 heterocycles. The van der Waals surface area contributed by atoms with Gasteiger partial charge in [0.2, 0.25) is 0 Å². The molecule has 7 nitrogen and oxygen atoms in total. The molecule has 40 heavy (non-hydrogen) atoms. The largest absolute Gasteiger partial charge is 0.337 e. The number of imidazole rings is 1. The second-order valence-electron chi connectivity index (χ2n) is 10.4. The van der Waals surface area contributed by atoms with Crippen molar-refractivity contribution in [1.82, 2.24) is 35.0 Å². The Morgan fingerprint density at radius 3 is 2.73 bits per heavy atom. The van der Waals surface area contributed by atoms with E-state index in [9.17, 15) is 13.2 Å². The number of para-hydroxylation sites is 1. The number of benzene rings is 2. The minimum absolute atomic E-state index is 0.118. The van der Waals surface area contributed by atoms with Gasteiger partial charge < -0.3 is 4.98 Å². The highest BCUT2D eigenvalue weighted by Gasteiger charge is 2.37. The predicted molar refractivity (Wildman–Crippen MR) is 147 cm³/mol. The fourth-order valence-electron chi connectivity index (χ4n) is 5.44. The molecular formula is C30H24F3N7. The fourth-order valence-corrected chi connectivity index (χ4v) is 5.44. The van der Waals surface area contributed by atoms with Crippen LogP contribution in [0.4, 0.5) is 13.2 Å². The molecule has 2 N–H and O–H groups in total. The van der Waals surface area contributed by atoms with Crippen molar-refractivity contribution in [3.63, 3.8) is 0 Å². The molecule has 0 amide bonds. The summed E-state index contributed by atoms with van der Waals surface area (Å²) < 4.78 is 41.5. The number of hydrogen-bond donors (Lipinski definition) is 2. The van der Waals surface area contributed by atoms with Crippen molar-refractivity contribution >= 4 is 21.9 Å². The van der Waals surface area contributed by atoms with Crippen LogP contribution in [0, 0.1) is 12.7 Å². The molecule has 10 heteroatoms. The molecule has 0 unspecified atom stereocenters. The van der Waals surface area contributed by atoms with E-state index in [4.69, 9.17) is 4.98 Å². The van der Waals surface area contributed by atoms with Gasteiger partial charge in [0.15, 0.2) is 5.82 Å². The smallest absolute Gasteiger partial charge is 0.261 e. The number of likely N-dealkylation sites (tertiary alicyclic amines) is 1. The van der Waals surface area contributed by atoms with Crippen molar-refractivity contribution in [3.05, 3.63) is 84.1 Å². The first-order chi connectivity index (χ1) is 19.3. The van der Waals surface area contributed by atoms with Crippen molar-refractivity contribution in [2.24, 2.45) is 0 Å². The SMILES string of the molecule is Cc1cc(F)cc(-c2cccc3[nH]c(-c4n[nH]c5cnc(-c6cncc(CN7CCC(F)(F)C7)c6)cc45)nc23)c1. The lowest BCUT2D eigenvalue weighted by Gasteiger charge is -2.15. The van der Waals surface area contributed by atoms with E-state index in [0.29, 0.717) is 30.3 Å². The number of aryl methyl sites for hydroxylation is 1. The number of nitrogens with zero attached hydrogens (tertiary/aromatic N) is 5. The van der Waals surface area contributed by atoms with Crippen LogP contribution in [0.5, 0.6) is 0 Å². The monoisotopic (exact) mass is 539 g/mol. The third-order valence-corrected chi connectivity index (χ3v) is 7.28. The second-order valence-corrected chi connectivity index (χ2v) is 10.4. The number of H-pyrrole nitrogens is 2. The topological polar surface area (TPSA) is 86.4 Å². The van der Waals surface area contributed by atoms with Gasteiger partial charge in [-0.2, -0.15) is 5.10 Å². The lowest BCUT2D eigenvalue weighted by Crippen LogP contribution is -2.24. The summed E-state index contributed by atoms with van der Waals surface area (Å²) in [4.78, 5) is 18.9. The average molecular weight is 540 g/mol. The number of nitrogens with one attached hydrogen (secondary N) is 2. The zero-order valence-electron chi connectivity index (χ0n) is 21.5. The first-order valence-electron chi connectivity index (χ1n) is 13.0. The van der Waals surface area contributed by atoms with Gasteiger partial charge in [-0.3, -0.25) is 20.0 Å². The highest BCUT2D eigenvalue weighted by molar-refractivity contribution is 5.97. The number of pyridine rings is 2. The average Bonchev–Trinajstić information content (AvgIpc) is 3.63. The Bertz CT molecular complexity index is 1870. The van der Waals surface area contributed by atoms with E-state index >= 15 is 0 Å². The van der Waals surface area contributed by atoms with Crippen molar-refractivity contribution in [3.8, 4) is 33.9 Å². The molecule has 0 radical (unpaired) electrons. The number of hydrogen-bond acceptors (Lipinski definition) is 5. The normalized spacial score (nSPS) is 15.4. The van der Waals surface area contributed by atoms with Gasteiger partial charge in [-0.05, 0) is 53.9 Å². The molecule has 0 spiro atoms. The maximum absolute atomic E-state index is 14.2. The standard InChI is InChI=1S/C30H24F3N7/c1-17-7-19(10-21(31)8-17)22-3-2-4-24-27(22)37-29(36-24)28-23-11-25(35-14-26(23)38-39-28)20-9-18(12-34-13-20)15-40-6-5-30(32,33)16-40/h2-4,7-14H,5-6,15-16H2,1H3,(H,36,37)(H,38,39). The quantitative estimate of drug-likeness (QED) is 0.261. The molecule has 0 bridgehead atoms. The van der Waals surface area contributed by atoms with Crippen LogP contribution in [0.2, 0.25) is 0 Å². The van der Waals surface area contributed by atoms with Crippen LogP contribution in [0.25, 0.3) is 55.8 Å². The Morgan fingerprint density at radius 1 is 1.00 bits per heavy atom. The minimum Gasteiger partial charge on any atom is -0.337 e. The van der Waals surface area contributed by atoms with Gasteiger partial charge in [-0.25, -0.2) is 18.2 Å². The van der Waals surface area contributed by atoms with Gasteiger partial charge in [0.1, 0.15) is 11.5 Å². The Labute approximate surface area is 227 Å². The first kappa shape index (κ1) is 24.5. The lowest BCUT2D eigenvalue weighted by atomic mass is 10.0. The summed E-state index contributed by atoms with van der Waals surface area (Å²) >= 11 is 0. The summed E-state index contributed by atoms with van der Waals surface area (Å²) in [6, 6.07) is 14.6. The summed E-state index contributed by atoms with van der Waals surface area (Å²) in [5.41, 5.74) is 7.62. The molecule has 0 saturated carbocycles. The van der Waals surface area contributed by atoms with E-state index in [1.165, 1.54) is 12.1 Å². The zero-order chi connectivity index (χ0) is 27.4. The van der Waals surface area contributed by atoms with E-state index in [1.807, 2.05) is 43.3 Å². The van der Waals surface area contributed by atoms with Crippen LogP contribution in [0.3, 0.4) is 0 Å². The van der Waals surface area contributed by atoms with Gasteiger partial charge >= 0.3 is 0 Å². The van der Waals surface area contributed by atoms with Gasteiger partial charge in [0.05, 0.1) is 35.0 Å². The van der Waals surface area contributed by atoms with Crippen LogP contribution >= 0.6 is 0 Å². The molecule has 1 aliphatic heterocycles. The summed E-state index contributed by atoms with van der Waals surface area (Å²) in [5, 5.41) is 8.35. The second kappa shape index (κ2) is 9.27. The van der Waals surface area contributed by atoms with Gasteiger partial charge in [0, 0.05) is 48.4 Å². The van der Waals surface area contributed by atoms with E-state index in [2.05, 4.69) is 25.1 Å². The molecule has 7 rings (SSSR count). The number of aromatic nitrogens is 6. The third-order valence-electron chi connectivity index (χ3n) is 7.28. The van der Waals surface area contributed by atoms with Crippen LogP contribution in [0.1, 0.15) is 17.5 Å². The highest BCUT2D eigenvalue weighted by Crippen LogP contribution is 2.33. The maximum Gasteiger partial charge on any atom is 0.261 e. The predicted octanol–water partition coefficient (Wildman–Crippen LogP) is 6.52. The van der Waals surface area contributed by atoms with Crippen LogP contribution in [-0.2, 0) is 6.54 Å². The molecule has 0 aliphatic carbocycles. The lowest BCUT2D eigenvalue weighted by molar-refractivity contribution is 0.0115. The minimum atomic E-state index is -2.64. The van der Waals surface area contributed by atoms with Gasteiger partial charge in [-0.15, -0.1) is 0 Å². The first-order valence-corrected chi connectivity index (χ1v) is 13.0. The molecule has 6 aromatic rings. The summed E-state index contributed by atoms with van der Waals surface area (Å²) in [6.07, 6.45) is 5.00. The summed E-state index contributed by atoms with van der Waals surface area (Å²) in [7, 11) is 0. The van der Waals surface area contributed by atoms with E-state index in [1.54, 1.807) is 23.5 Å². The molecule has 1 saturated heterocycles. The van der Waals surface area contributed by atoms with Gasteiger partial charge in [0.25, 0.3) is 5.92 Å². The van der Waals surface area contributed by atoms with Crippen LogP contribution in [-0.4, -0.2) is 54.0 Å².